The highest BCUT2D eigenvalue weighted by Crippen LogP contribution is 2.36. The van der Waals surface area contributed by atoms with Crippen LogP contribution in [0.1, 0.15) is 31.9 Å². The lowest BCUT2D eigenvalue weighted by Gasteiger charge is -2.37. The molecule has 1 amide bonds. The SMILES string of the molecule is CC(C)(C)[Si](C)(C)OC[C@H](NC(=O)C(F)(F)c1cccc(Cl)c1)C(=O)OCc1ccccc1. The van der Waals surface area contributed by atoms with Crippen molar-refractivity contribution in [2.24, 2.45) is 0 Å². The summed E-state index contributed by atoms with van der Waals surface area (Å²) in [7, 11) is -2.33. The molecule has 0 aliphatic carbocycles. The zero-order chi connectivity index (χ0) is 24.9. The Morgan fingerprint density at radius 3 is 2.27 bits per heavy atom. The minimum atomic E-state index is -3.90. The van der Waals surface area contributed by atoms with Gasteiger partial charge in [-0.05, 0) is 35.8 Å². The van der Waals surface area contributed by atoms with Crippen LogP contribution >= 0.6 is 11.6 Å². The second-order valence-corrected chi connectivity index (χ2v) is 14.5. The normalized spacial score (nSPS) is 13.3. The summed E-state index contributed by atoms with van der Waals surface area (Å²) < 4.78 is 40.9. The number of benzene rings is 2. The van der Waals surface area contributed by atoms with Gasteiger partial charge in [0.15, 0.2) is 8.32 Å². The molecule has 0 saturated carbocycles. The molecule has 1 atom stereocenters. The number of nitrogens with one attached hydrogen (secondary N) is 1. The van der Waals surface area contributed by atoms with E-state index in [4.69, 9.17) is 20.8 Å². The van der Waals surface area contributed by atoms with Crippen molar-refractivity contribution in [1.82, 2.24) is 5.32 Å². The smallest absolute Gasteiger partial charge is 0.349 e. The quantitative estimate of drug-likeness (QED) is 0.357. The van der Waals surface area contributed by atoms with Crippen molar-refractivity contribution in [2.75, 3.05) is 6.61 Å². The third-order valence-corrected chi connectivity index (χ3v) is 10.4. The van der Waals surface area contributed by atoms with Crippen molar-refractivity contribution in [2.45, 2.75) is 57.5 Å². The predicted octanol–water partition coefficient (Wildman–Crippen LogP) is 5.68. The number of hydrogen-bond donors (Lipinski definition) is 1. The molecule has 0 saturated heterocycles. The van der Waals surface area contributed by atoms with Gasteiger partial charge in [0.1, 0.15) is 12.6 Å². The van der Waals surface area contributed by atoms with E-state index in [9.17, 15) is 18.4 Å². The summed E-state index contributed by atoms with van der Waals surface area (Å²) in [5.41, 5.74) is 0.153. The fourth-order valence-corrected chi connectivity index (χ4v) is 3.78. The van der Waals surface area contributed by atoms with E-state index >= 15 is 0 Å². The Bertz CT molecular complexity index is 964. The predicted molar refractivity (Wildman–Crippen MR) is 127 cm³/mol. The van der Waals surface area contributed by atoms with E-state index in [1.807, 2.05) is 39.9 Å². The molecule has 33 heavy (non-hydrogen) atoms. The maximum absolute atomic E-state index is 14.8. The van der Waals surface area contributed by atoms with Gasteiger partial charge in [-0.1, -0.05) is 74.8 Å². The number of hydrogen-bond acceptors (Lipinski definition) is 4. The molecule has 0 aliphatic heterocycles. The van der Waals surface area contributed by atoms with Gasteiger partial charge in [0, 0.05) is 10.6 Å². The third kappa shape index (κ3) is 7.35. The molecule has 9 heteroatoms. The first-order valence-electron chi connectivity index (χ1n) is 10.5. The zero-order valence-corrected chi connectivity index (χ0v) is 21.2. The molecule has 2 rings (SSSR count). The number of alkyl halides is 2. The van der Waals surface area contributed by atoms with Crippen molar-refractivity contribution >= 4 is 31.8 Å². The Morgan fingerprint density at radius 1 is 1.06 bits per heavy atom. The van der Waals surface area contributed by atoms with Crippen molar-refractivity contribution in [3.63, 3.8) is 0 Å². The van der Waals surface area contributed by atoms with Gasteiger partial charge in [-0.3, -0.25) is 4.79 Å². The second kappa shape index (κ2) is 10.8. The lowest BCUT2D eigenvalue weighted by Crippen LogP contribution is -2.52. The summed E-state index contributed by atoms with van der Waals surface area (Å²) in [6, 6.07) is 12.4. The number of carbonyl (C=O) groups is 2. The largest absolute Gasteiger partial charge is 0.459 e. The van der Waals surface area contributed by atoms with Crippen LogP contribution in [0.2, 0.25) is 23.2 Å². The van der Waals surface area contributed by atoms with E-state index in [1.54, 1.807) is 24.3 Å². The van der Waals surface area contributed by atoms with Crippen LogP contribution in [0.3, 0.4) is 0 Å². The van der Waals surface area contributed by atoms with E-state index in [0.29, 0.717) is 0 Å². The number of halogens is 3. The topological polar surface area (TPSA) is 64.6 Å². The monoisotopic (exact) mass is 497 g/mol. The minimum absolute atomic E-state index is 0.0587. The average molecular weight is 498 g/mol. The summed E-state index contributed by atoms with van der Waals surface area (Å²) in [6.07, 6.45) is 0. The average Bonchev–Trinajstić information content (AvgIpc) is 2.74. The molecule has 0 radical (unpaired) electrons. The lowest BCUT2D eigenvalue weighted by molar-refractivity contribution is -0.156. The minimum Gasteiger partial charge on any atom is -0.459 e. The standard InChI is InChI=1S/C24H30ClF2NO4Si/c1-23(2,3)33(4,5)32-16-20(21(29)31-15-17-10-7-6-8-11-17)28-22(30)24(26,27)18-12-9-13-19(25)14-18/h6-14,20H,15-16H2,1-5H3,(H,28,30)/t20-/m0/s1. The Balaban J connectivity index is 2.19. The Kier molecular flexibility index (Phi) is 8.79. The number of ether oxygens (including phenoxy) is 1. The van der Waals surface area contributed by atoms with Gasteiger partial charge in [-0.2, -0.15) is 8.78 Å². The third-order valence-electron chi connectivity index (χ3n) is 5.70. The van der Waals surface area contributed by atoms with Gasteiger partial charge in [0.25, 0.3) is 5.91 Å². The fourth-order valence-electron chi connectivity index (χ4n) is 2.57. The summed E-state index contributed by atoms with van der Waals surface area (Å²) >= 11 is 5.80. The van der Waals surface area contributed by atoms with Crippen molar-refractivity contribution in [1.29, 1.82) is 0 Å². The number of carbonyl (C=O) groups excluding carboxylic acids is 2. The van der Waals surface area contributed by atoms with Crippen LogP contribution in [0, 0.1) is 0 Å². The molecule has 1 N–H and O–H groups in total. The summed E-state index contributed by atoms with van der Waals surface area (Å²) in [5, 5.41) is 2.02. The van der Waals surface area contributed by atoms with E-state index in [2.05, 4.69) is 5.32 Å². The van der Waals surface area contributed by atoms with Gasteiger partial charge in [0.05, 0.1) is 6.61 Å². The molecule has 0 aromatic heterocycles. The Morgan fingerprint density at radius 2 is 1.70 bits per heavy atom. The second-order valence-electron chi connectivity index (χ2n) is 9.28. The molecule has 0 fully saturated rings. The number of amides is 1. The fraction of sp³-hybridized carbons (Fsp3) is 0.417. The molecule has 0 unspecified atom stereocenters. The highest BCUT2D eigenvalue weighted by molar-refractivity contribution is 6.74. The molecule has 0 spiro atoms. The number of rotatable bonds is 9. The maximum Gasteiger partial charge on any atom is 0.349 e. The van der Waals surface area contributed by atoms with Crippen molar-refractivity contribution in [3.8, 4) is 0 Å². The Labute approximate surface area is 199 Å². The van der Waals surface area contributed by atoms with Crippen LogP contribution < -0.4 is 5.32 Å². The first kappa shape index (κ1) is 27.0. The Hall–Kier alpha value is -2.29. The summed E-state index contributed by atoms with van der Waals surface area (Å²) in [6.45, 7) is 9.61. The molecule has 2 aromatic rings. The molecule has 0 aliphatic rings. The van der Waals surface area contributed by atoms with Crippen LogP contribution in [0.4, 0.5) is 8.78 Å². The van der Waals surface area contributed by atoms with Gasteiger partial charge in [-0.25, -0.2) is 4.79 Å². The molecule has 0 bridgehead atoms. The van der Waals surface area contributed by atoms with Crippen LogP contribution in [0.25, 0.3) is 0 Å². The molecule has 0 heterocycles. The molecule has 2 aromatic carbocycles. The first-order valence-corrected chi connectivity index (χ1v) is 13.8. The molecular weight excluding hydrogens is 468 g/mol. The number of esters is 1. The van der Waals surface area contributed by atoms with Gasteiger partial charge in [0.2, 0.25) is 0 Å². The first-order chi connectivity index (χ1) is 15.2. The van der Waals surface area contributed by atoms with Crippen molar-refractivity contribution in [3.05, 3.63) is 70.7 Å². The highest BCUT2D eigenvalue weighted by atomic mass is 35.5. The van der Waals surface area contributed by atoms with Gasteiger partial charge < -0.3 is 14.5 Å². The van der Waals surface area contributed by atoms with Crippen LogP contribution in [0.15, 0.2) is 54.6 Å². The van der Waals surface area contributed by atoms with Crippen molar-refractivity contribution < 1.29 is 27.5 Å². The maximum atomic E-state index is 14.8. The van der Waals surface area contributed by atoms with Crippen LogP contribution in [0.5, 0.6) is 0 Å². The van der Waals surface area contributed by atoms with Crippen LogP contribution in [-0.4, -0.2) is 32.8 Å². The van der Waals surface area contributed by atoms with E-state index < -0.39 is 37.7 Å². The van der Waals surface area contributed by atoms with Gasteiger partial charge >= 0.3 is 11.9 Å². The zero-order valence-electron chi connectivity index (χ0n) is 19.5. The van der Waals surface area contributed by atoms with Crippen LogP contribution in [-0.2, 0) is 31.3 Å². The van der Waals surface area contributed by atoms with E-state index in [1.165, 1.54) is 12.1 Å². The molecular formula is C24H30ClF2NO4Si. The molecule has 5 nitrogen and oxygen atoms in total. The lowest BCUT2D eigenvalue weighted by atomic mass is 10.1. The van der Waals surface area contributed by atoms with E-state index in [0.717, 1.165) is 17.7 Å². The highest BCUT2D eigenvalue weighted by Gasteiger charge is 2.44. The molecule has 180 valence electrons. The summed E-state index contributed by atoms with van der Waals surface area (Å²) in [4.78, 5) is 25.3. The van der Waals surface area contributed by atoms with Gasteiger partial charge in [-0.15, -0.1) is 0 Å². The van der Waals surface area contributed by atoms with E-state index in [-0.39, 0.29) is 23.3 Å². The summed E-state index contributed by atoms with van der Waals surface area (Å²) in [5.74, 6) is -6.39.